The largest absolute Gasteiger partial charge is 0.495 e. The minimum absolute atomic E-state index is 0.0450. The molecule has 1 aliphatic rings. The Labute approximate surface area is 206 Å². The molecule has 0 unspecified atom stereocenters. The van der Waals surface area contributed by atoms with Gasteiger partial charge in [0.1, 0.15) is 10.6 Å². The van der Waals surface area contributed by atoms with Gasteiger partial charge in [0, 0.05) is 18.7 Å². The van der Waals surface area contributed by atoms with Crippen LogP contribution in [0.4, 0.5) is 11.4 Å². The number of fused-ring (bicyclic) bond motifs is 1. The average Bonchev–Trinajstić information content (AvgIpc) is 3.08. The fourth-order valence-electron chi connectivity index (χ4n) is 3.59. The highest BCUT2D eigenvalue weighted by Gasteiger charge is 2.35. The van der Waals surface area contributed by atoms with Gasteiger partial charge in [0.15, 0.2) is 0 Å². The van der Waals surface area contributed by atoms with E-state index in [0.29, 0.717) is 16.9 Å². The minimum Gasteiger partial charge on any atom is -0.495 e. The van der Waals surface area contributed by atoms with E-state index in [1.807, 2.05) is 0 Å². The fraction of sp³-hybridized carbons (Fsp3) is 0.125. The molecule has 0 spiro atoms. The van der Waals surface area contributed by atoms with Crippen LogP contribution in [0.25, 0.3) is 0 Å². The Morgan fingerprint density at radius 2 is 1.60 bits per heavy atom. The molecule has 1 aliphatic heterocycles. The standard InChI is InChI=1S/C24H20ClN3O6S/c1-34-20-9-5-4-8-19(20)27-35(32,33)21-14-15(10-11-18(21)25)26-22(29)12-13-28-23(30)16-6-2-3-7-17(16)24(28)31/h2-11,14,27H,12-13H2,1H3,(H,26,29). The first kappa shape index (κ1) is 24.2. The Hall–Kier alpha value is -3.89. The molecule has 0 aliphatic carbocycles. The zero-order valence-electron chi connectivity index (χ0n) is 18.4. The van der Waals surface area contributed by atoms with Crippen molar-refractivity contribution in [3.63, 3.8) is 0 Å². The molecule has 35 heavy (non-hydrogen) atoms. The van der Waals surface area contributed by atoms with E-state index in [2.05, 4.69) is 10.0 Å². The molecule has 0 radical (unpaired) electrons. The number of rotatable bonds is 8. The second-order valence-electron chi connectivity index (χ2n) is 7.56. The van der Waals surface area contributed by atoms with E-state index in [-0.39, 0.29) is 34.3 Å². The fourth-order valence-corrected chi connectivity index (χ4v) is 5.19. The SMILES string of the molecule is COc1ccccc1NS(=O)(=O)c1cc(NC(=O)CCN2C(=O)c3ccccc3C2=O)ccc1Cl. The van der Waals surface area contributed by atoms with Crippen LogP contribution in [-0.4, -0.2) is 44.7 Å². The lowest BCUT2D eigenvalue weighted by Crippen LogP contribution is -2.32. The van der Waals surface area contributed by atoms with Crippen LogP contribution in [0, 0.1) is 0 Å². The van der Waals surface area contributed by atoms with Gasteiger partial charge < -0.3 is 10.1 Å². The molecular formula is C24H20ClN3O6S. The Balaban J connectivity index is 1.45. The summed E-state index contributed by atoms with van der Waals surface area (Å²) in [5, 5.41) is 2.53. The van der Waals surface area contributed by atoms with Gasteiger partial charge >= 0.3 is 0 Å². The molecule has 0 aromatic heterocycles. The highest BCUT2D eigenvalue weighted by Crippen LogP contribution is 2.30. The summed E-state index contributed by atoms with van der Waals surface area (Å²) in [6, 6.07) is 16.9. The first-order valence-corrected chi connectivity index (χ1v) is 12.3. The predicted octanol–water partition coefficient (Wildman–Crippen LogP) is 3.77. The van der Waals surface area contributed by atoms with Crippen LogP contribution in [0.15, 0.2) is 71.6 Å². The Morgan fingerprint density at radius 1 is 0.971 bits per heavy atom. The highest BCUT2D eigenvalue weighted by atomic mass is 35.5. The van der Waals surface area contributed by atoms with E-state index < -0.39 is 27.7 Å². The summed E-state index contributed by atoms with van der Waals surface area (Å²) < 4.78 is 33.5. The summed E-state index contributed by atoms with van der Waals surface area (Å²) >= 11 is 6.14. The second-order valence-corrected chi connectivity index (χ2v) is 9.61. The zero-order chi connectivity index (χ0) is 25.2. The van der Waals surface area contributed by atoms with Gasteiger partial charge in [0.2, 0.25) is 5.91 Å². The monoisotopic (exact) mass is 513 g/mol. The number of ether oxygens (including phenoxy) is 1. The topological polar surface area (TPSA) is 122 Å². The number of nitrogens with zero attached hydrogens (tertiary/aromatic N) is 1. The molecule has 0 saturated heterocycles. The quantitative estimate of drug-likeness (QED) is 0.442. The summed E-state index contributed by atoms with van der Waals surface area (Å²) in [7, 11) is -2.70. The number of para-hydroxylation sites is 2. The van der Waals surface area contributed by atoms with Crippen LogP contribution in [0.2, 0.25) is 5.02 Å². The van der Waals surface area contributed by atoms with E-state index in [4.69, 9.17) is 16.3 Å². The van der Waals surface area contributed by atoms with Crippen LogP contribution >= 0.6 is 11.6 Å². The normalized spacial score (nSPS) is 12.9. The summed E-state index contributed by atoms with van der Waals surface area (Å²) in [4.78, 5) is 38.2. The van der Waals surface area contributed by atoms with Gasteiger partial charge in [-0.1, -0.05) is 35.9 Å². The number of anilines is 2. The Kier molecular flexibility index (Phi) is 6.77. The summed E-state index contributed by atoms with van der Waals surface area (Å²) in [5.41, 5.74) is 1.00. The maximum absolute atomic E-state index is 13.0. The number of carbonyl (C=O) groups excluding carboxylic acids is 3. The van der Waals surface area contributed by atoms with E-state index in [1.165, 1.54) is 31.4 Å². The van der Waals surface area contributed by atoms with Crippen molar-refractivity contribution < 1.29 is 27.5 Å². The molecule has 0 fully saturated rings. The molecular weight excluding hydrogens is 494 g/mol. The average molecular weight is 514 g/mol. The van der Waals surface area contributed by atoms with Crippen LogP contribution in [0.5, 0.6) is 5.75 Å². The number of sulfonamides is 1. The molecule has 3 amide bonds. The van der Waals surface area contributed by atoms with E-state index in [0.717, 1.165) is 4.90 Å². The van der Waals surface area contributed by atoms with Crippen molar-refractivity contribution in [2.24, 2.45) is 0 Å². The van der Waals surface area contributed by atoms with E-state index >= 15 is 0 Å². The Bertz CT molecular complexity index is 1410. The number of benzene rings is 3. The lowest BCUT2D eigenvalue weighted by molar-refractivity contribution is -0.116. The van der Waals surface area contributed by atoms with Gasteiger partial charge in [-0.25, -0.2) is 8.42 Å². The number of nitrogens with one attached hydrogen (secondary N) is 2. The van der Waals surface area contributed by atoms with Crippen LogP contribution in [-0.2, 0) is 14.8 Å². The van der Waals surface area contributed by atoms with Gasteiger partial charge in [-0.05, 0) is 42.5 Å². The van der Waals surface area contributed by atoms with Crippen molar-refractivity contribution in [1.29, 1.82) is 0 Å². The molecule has 11 heteroatoms. The number of carbonyl (C=O) groups is 3. The lowest BCUT2D eigenvalue weighted by atomic mass is 10.1. The smallest absolute Gasteiger partial charge is 0.263 e. The van der Waals surface area contributed by atoms with Gasteiger partial charge in [-0.15, -0.1) is 0 Å². The molecule has 0 bridgehead atoms. The van der Waals surface area contributed by atoms with E-state index in [1.54, 1.807) is 42.5 Å². The summed E-state index contributed by atoms with van der Waals surface area (Å²) in [6.07, 6.45) is -0.171. The molecule has 1 heterocycles. The number of hydrogen-bond acceptors (Lipinski definition) is 6. The first-order valence-electron chi connectivity index (χ1n) is 10.4. The van der Waals surface area contributed by atoms with Crippen LogP contribution < -0.4 is 14.8 Å². The zero-order valence-corrected chi connectivity index (χ0v) is 20.0. The minimum atomic E-state index is -4.12. The van der Waals surface area contributed by atoms with Crippen molar-refractivity contribution in [2.75, 3.05) is 23.7 Å². The van der Waals surface area contributed by atoms with Crippen LogP contribution in [0.3, 0.4) is 0 Å². The third-order valence-electron chi connectivity index (χ3n) is 5.30. The maximum atomic E-state index is 13.0. The molecule has 3 aromatic rings. The molecule has 3 aromatic carbocycles. The maximum Gasteiger partial charge on any atom is 0.263 e. The van der Waals surface area contributed by atoms with Gasteiger partial charge in [0.05, 0.1) is 28.9 Å². The predicted molar refractivity (Wildman–Crippen MR) is 130 cm³/mol. The third-order valence-corrected chi connectivity index (χ3v) is 7.14. The van der Waals surface area contributed by atoms with E-state index in [9.17, 15) is 22.8 Å². The van der Waals surface area contributed by atoms with Crippen molar-refractivity contribution in [3.8, 4) is 5.75 Å². The van der Waals surface area contributed by atoms with Gasteiger partial charge in [-0.3, -0.25) is 24.0 Å². The van der Waals surface area contributed by atoms with Crippen molar-refractivity contribution in [2.45, 2.75) is 11.3 Å². The number of imide groups is 1. The van der Waals surface area contributed by atoms with Crippen molar-refractivity contribution in [1.82, 2.24) is 4.90 Å². The molecule has 2 N–H and O–H groups in total. The molecule has 0 atom stereocenters. The number of halogens is 1. The number of amides is 3. The van der Waals surface area contributed by atoms with Crippen molar-refractivity contribution >= 4 is 50.7 Å². The van der Waals surface area contributed by atoms with Gasteiger partial charge in [-0.2, -0.15) is 0 Å². The van der Waals surface area contributed by atoms with Gasteiger partial charge in [0.25, 0.3) is 21.8 Å². The summed E-state index contributed by atoms with van der Waals surface area (Å²) in [6.45, 7) is -0.119. The number of methoxy groups -OCH3 is 1. The second kappa shape index (κ2) is 9.77. The van der Waals surface area contributed by atoms with Crippen molar-refractivity contribution in [3.05, 3.63) is 82.9 Å². The molecule has 180 valence electrons. The molecule has 9 nitrogen and oxygen atoms in total. The van der Waals surface area contributed by atoms with Crippen LogP contribution in [0.1, 0.15) is 27.1 Å². The third kappa shape index (κ3) is 4.98. The summed E-state index contributed by atoms with van der Waals surface area (Å²) in [5.74, 6) is -1.10. The molecule has 4 rings (SSSR count). The lowest BCUT2D eigenvalue weighted by Gasteiger charge is -2.15. The molecule has 0 saturated carbocycles. The Morgan fingerprint density at radius 3 is 2.26 bits per heavy atom. The number of hydrogen-bond donors (Lipinski definition) is 2. The first-order chi connectivity index (χ1) is 16.7. The highest BCUT2D eigenvalue weighted by molar-refractivity contribution is 7.92.